The SMILES string of the molecule is Clc1cc(-c2csc(NC3CC3)n2)c(Cl)s1. The highest BCUT2D eigenvalue weighted by atomic mass is 35.5. The summed E-state index contributed by atoms with van der Waals surface area (Å²) in [6, 6.07) is 2.49. The van der Waals surface area contributed by atoms with E-state index in [1.807, 2.05) is 11.4 Å². The molecule has 1 saturated carbocycles. The van der Waals surface area contributed by atoms with Gasteiger partial charge in [-0.1, -0.05) is 23.2 Å². The van der Waals surface area contributed by atoms with Crippen LogP contribution in [-0.4, -0.2) is 11.0 Å². The Morgan fingerprint density at radius 2 is 2.19 bits per heavy atom. The van der Waals surface area contributed by atoms with Crippen molar-refractivity contribution in [2.75, 3.05) is 5.32 Å². The summed E-state index contributed by atoms with van der Waals surface area (Å²) in [4.78, 5) is 4.51. The summed E-state index contributed by atoms with van der Waals surface area (Å²) in [6.07, 6.45) is 2.50. The zero-order valence-corrected chi connectivity index (χ0v) is 11.3. The number of anilines is 1. The van der Waals surface area contributed by atoms with Crippen LogP contribution in [0.4, 0.5) is 5.13 Å². The average molecular weight is 291 g/mol. The van der Waals surface area contributed by atoms with E-state index in [4.69, 9.17) is 23.2 Å². The molecule has 0 spiro atoms. The van der Waals surface area contributed by atoms with E-state index >= 15 is 0 Å². The molecular weight excluding hydrogens is 283 g/mol. The number of nitrogens with zero attached hydrogens (tertiary/aromatic N) is 1. The summed E-state index contributed by atoms with van der Waals surface area (Å²) < 4.78 is 1.40. The summed E-state index contributed by atoms with van der Waals surface area (Å²) >= 11 is 15.0. The molecule has 84 valence electrons. The second-order valence-corrected chi connectivity index (χ2v) is 6.84. The predicted molar refractivity (Wildman–Crippen MR) is 72.1 cm³/mol. The summed E-state index contributed by atoms with van der Waals surface area (Å²) in [5.41, 5.74) is 1.83. The van der Waals surface area contributed by atoms with Crippen LogP contribution < -0.4 is 5.32 Å². The van der Waals surface area contributed by atoms with Crippen molar-refractivity contribution in [3.63, 3.8) is 0 Å². The van der Waals surface area contributed by atoms with Gasteiger partial charge in [-0.25, -0.2) is 4.98 Å². The fourth-order valence-corrected chi connectivity index (χ4v) is 3.65. The fraction of sp³-hybridized carbons (Fsp3) is 0.300. The lowest BCUT2D eigenvalue weighted by molar-refractivity contribution is 1.14. The fourth-order valence-electron chi connectivity index (χ4n) is 1.38. The Hall–Kier alpha value is -0.290. The molecule has 0 aliphatic heterocycles. The number of hydrogen-bond acceptors (Lipinski definition) is 4. The molecule has 2 aromatic heterocycles. The first-order valence-electron chi connectivity index (χ1n) is 4.89. The highest BCUT2D eigenvalue weighted by Crippen LogP contribution is 2.39. The third kappa shape index (κ3) is 2.20. The highest BCUT2D eigenvalue weighted by molar-refractivity contribution is 7.20. The van der Waals surface area contributed by atoms with Gasteiger partial charge >= 0.3 is 0 Å². The Morgan fingerprint density at radius 3 is 2.81 bits per heavy atom. The van der Waals surface area contributed by atoms with Crippen LogP contribution in [0.25, 0.3) is 11.3 Å². The number of aromatic nitrogens is 1. The third-order valence-electron chi connectivity index (χ3n) is 2.34. The van der Waals surface area contributed by atoms with Crippen molar-refractivity contribution in [2.24, 2.45) is 0 Å². The van der Waals surface area contributed by atoms with Gasteiger partial charge in [0.15, 0.2) is 5.13 Å². The largest absolute Gasteiger partial charge is 0.359 e. The van der Waals surface area contributed by atoms with Crippen LogP contribution in [0.3, 0.4) is 0 Å². The minimum atomic E-state index is 0.625. The summed E-state index contributed by atoms with van der Waals surface area (Å²) in [5.74, 6) is 0. The van der Waals surface area contributed by atoms with Crippen LogP contribution in [-0.2, 0) is 0 Å². The van der Waals surface area contributed by atoms with Crippen molar-refractivity contribution >= 4 is 51.0 Å². The Morgan fingerprint density at radius 1 is 1.38 bits per heavy atom. The van der Waals surface area contributed by atoms with Gasteiger partial charge in [0.2, 0.25) is 0 Å². The molecule has 1 aliphatic rings. The van der Waals surface area contributed by atoms with E-state index in [9.17, 15) is 0 Å². The van der Waals surface area contributed by atoms with E-state index in [2.05, 4.69) is 10.3 Å². The van der Waals surface area contributed by atoms with Gasteiger partial charge in [0.25, 0.3) is 0 Å². The minimum Gasteiger partial charge on any atom is -0.359 e. The maximum atomic E-state index is 6.09. The normalized spacial score (nSPS) is 15.4. The third-order valence-corrected chi connectivity index (χ3v) is 4.60. The molecule has 6 heteroatoms. The van der Waals surface area contributed by atoms with Gasteiger partial charge in [-0.15, -0.1) is 22.7 Å². The molecule has 0 unspecified atom stereocenters. The molecule has 0 bridgehead atoms. The average Bonchev–Trinajstić information content (AvgIpc) is 2.80. The van der Waals surface area contributed by atoms with E-state index < -0.39 is 0 Å². The van der Waals surface area contributed by atoms with E-state index in [1.54, 1.807) is 11.3 Å². The first-order valence-corrected chi connectivity index (χ1v) is 7.35. The molecule has 2 nitrogen and oxygen atoms in total. The maximum absolute atomic E-state index is 6.09. The second-order valence-electron chi connectivity index (χ2n) is 3.69. The molecule has 0 aromatic carbocycles. The Balaban J connectivity index is 1.87. The summed E-state index contributed by atoms with van der Waals surface area (Å²) in [6.45, 7) is 0. The monoisotopic (exact) mass is 290 g/mol. The molecular formula is C10H8Cl2N2S2. The van der Waals surface area contributed by atoms with Crippen LogP contribution in [0.2, 0.25) is 8.67 Å². The summed E-state index contributed by atoms with van der Waals surface area (Å²) in [5, 5.41) is 6.34. The zero-order valence-electron chi connectivity index (χ0n) is 8.17. The van der Waals surface area contributed by atoms with Crippen LogP contribution in [0.5, 0.6) is 0 Å². The van der Waals surface area contributed by atoms with Crippen molar-refractivity contribution in [1.29, 1.82) is 0 Å². The van der Waals surface area contributed by atoms with Gasteiger partial charge in [-0.2, -0.15) is 0 Å². The number of rotatable bonds is 3. The van der Waals surface area contributed by atoms with Crippen LogP contribution in [0, 0.1) is 0 Å². The number of halogens is 2. The number of thiazole rings is 1. The first kappa shape index (κ1) is 10.8. The first-order chi connectivity index (χ1) is 7.72. The van der Waals surface area contributed by atoms with Crippen molar-refractivity contribution < 1.29 is 0 Å². The molecule has 3 rings (SSSR count). The molecule has 16 heavy (non-hydrogen) atoms. The zero-order chi connectivity index (χ0) is 11.1. The van der Waals surface area contributed by atoms with Gasteiger partial charge < -0.3 is 5.32 Å². The Bertz CT molecular complexity index is 517. The van der Waals surface area contributed by atoms with Gasteiger partial charge in [0, 0.05) is 17.0 Å². The number of hydrogen-bond donors (Lipinski definition) is 1. The molecule has 0 radical (unpaired) electrons. The molecule has 2 aromatic rings. The highest BCUT2D eigenvalue weighted by Gasteiger charge is 2.22. The lowest BCUT2D eigenvalue weighted by Crippen LogP contribution is -1.99. The van der Waals surface area contributed by atoms with Gasteiger partial charge in [-0.3, -0.25) is 0 Å². The van der Waals surface area contributed by atoms with Crippen LogP contribution in [0.15, 0.2) is 11.4 Å². The smallest absolute Gasteiger partial charge is 0.183 e. The number of thiophene rings is 1. The van der Waals surface area contributed by atoms with E-state index in [1.165, 1.54) is 24.2 Å². The van der Waals surface area contributed by atoms with Crippen molar-refractivity contribution in [3.8, 4) is 11.3 Å². The molecule has 1 N–H and O–H groups in total. The quantitative estimate of drug-likeness (QED) is 0.882. The molecule has 0 saturated heterocycles. The Kier molecular flexibility index (Phi) is 2.83. The molecule has 1 fully saturated rings. The van der Waals surface area contributed by atoms with Crippen molar-refractivity contribution in [1.82, 2.24) is 4.98 Å². The van der Waals surface area contributed by atoms with Crippen molar-refractivity contribution in [3.05, 3.63) is 20.1 Å². The van der Waals surface area contributed by atoms with Gasteiger partial charge in [-0.05, 0) is 18.9 Å². The Labute approximate surface area is 111 Å². The molecule has 1 aliphatic carbocycles. The predicted octanol–water partition coefficient (Wildman–Crippen LogP) is 4.75. The van der Waals surface area contributed by atoms with Crippen LogP contribution >= 0.6 is 45.9 Å². The number of nitrogens with one attached hydrogen (secondary N) is 1. The molecule has 0 atom stereocenters. The van der Waals surface area contributed by atoms with E-state index in [0.29, 0.717) is 14.7 Å². The van der Waals surface area contributed by atoms with E-state index in [0.717, 1.165) is 16.4 Å². The lowest BCUT2D eigenvalue weighted by atomic mass is 10.3. The van der Waals surface area contributed by atoms with Gasteiger partial charge in [0.1, 0.15) is 4.34 Å². The topological polar surface area (TPSA) is 24.9 Å². The van der Waals surface area contributed by atoms with Crippen molar-refractivity contribution in [2.45, 2.75) is 18.9 Å². The van der Waals surface area contributed by atoms with Crippen LogP contribution in [0.1, 0.15) is 12.8 Å². The molecule has 2 heterocycles. The lowest BCUT2D eigenvalue weighted by Gasteiger charge is -1.96. The van der Waals surface area contributed by atoms with E-state index in [-0.39, 0.29) is 0 Å². The standard InChI is InChI=1S/C10H8Cl2N2S2/c11-8-3-6(9(12)16-8)7-4-15-10(14-7)13-5-1-2-5/h3-5H,1-2H2,(H,13,14). The molecule has 0 amide bonds. The minimum absolute atomic E-state index is 0.625. The summed E-state index contributed by atoms with van der Waals surface area (Å²) in [7, 11) is 0. The maximum Gasteiger partial charge on any atom is 0.183 e. The second kappa shape index (κ2) is 4.18. The van der Waals surface area contributed by atoms with Gasteiger partial charge in [0.05, 0.1) is 10.0 Å².